The maximum atomic E-state index is 13.0. The second-order valence-corrected chi connectivity index (χ2v) is 8.32. The summed E-state index contributed by atoms with van der Waals surface area (Å²) in [6, 6.07) is 27.0. The number of ketones is 2. The van der Waals surface area contributed by atoms with E-state index >= 15 is 0 Å². The number of furan rings is 1. The van der Waals surface area contributed by atoms with Crippen molar-refractivity contribution in [3.05, 3.63) is 108 Å². The van der Waals surface area contributed by atoms with Crippen molar-refractivity contribution in [2.45, 2.75) is 0 Å². The van der Waals surface area contributed by atoms with Crippen LogP contribution < -0.4 is 0 Å². The highest BCUT2D eigenvalue weighted by atomic mass is 16.4. The number of hydrogen-bond acceptors (Lipinski definition) is 5. The monoisotopic (exact) mass is 441 g/mol. The maximum absolute atomic E-state index is 13.0. The number of carbonyl (C=O) groups is 2. The molecule has 0 atom stereocenters. The Balaban J connectivity index is 1.28. The van der Waals surface area contributed by atoms with Gasteiger partial charge in [-0.25, -0.2) is 0 Å². The van der Waals surface area contributed by atoms with Crippen LogP contribution in [0.3, 0.4) is 0 Å². The van der Waals surface area contributed by atoms with E-state index in [1.54, 1.807) is 18.2 Å². The second kappa shape index (κ2) is 6.86. The van der Waals surface area contributed by atoms with Crippen LogP contribution in [0, 0.1) is 0 Å². The summed E-state index contributed by atoms with van der Waals surface area (Å²) >= 11 is 0. The Morgan fingerprint density at radius 2 is 1.29 bits per heavy atom. The number of Topliss-reactive ketones (excluding diaryl/α,β-unsaturated/α-hetero) is 2. The number of hydrogen-bond donors (Lipinski definition) is 0. The van der Waals surface area contributed by atoms with Gasteiger partial charge in [-0.3, -0.25) is 9.59 Å². The van der Waals surface area contributed by atoms with Crippen LogP contribution in [0.15, 0.2) is 99.3 Å². The average molecular weight is 441 g/mol. The molecule has 0 radical (unpaired) electrons. The van der Waals surface area contributed by atoms with E-state index in [-0.39, 0.29) is 23.0 Å². The van der Waals surface area contributed by atoms with E-state index < -0.39 is 0 Å². The van der Waals surface area contributed by atoms with Crippen LogP contribution in [-0.2, 0) is 0 Å². The third kappa shape index (κ3) is 2.70. The van der Waals surface area contributed by atoms with Gasteiger partial charge in [-0.1, -0.05) is 66.7 Å². The number of carbonyl (C=O) groups excluding carboxylic acids is 2. The fraction of sp³-hybridized carbons (Fsp3) is 0. The molecule has 0 fully saturated rings. The first kappa shape index (κ1) is 18.8. The van der Waals surface area contributed by atoms with Gasteiger partial charge in [0.2, 0.25) is 5.89 Å². The molecule has 0 saturated carbocycles. The van der Waals surface area contributed by atoms with Crippen LogP contribution in [0.1, 0.15) is 26.6 Å². The minimum Gasteiger partial charge on any atom is -0.435 e. The number of nitrogens with zero attached hydrogens (tertiary/aromatic N) is 1. The molecule has 1 aliphatic rings. The van der Waals surface area contributed by atoms with Crippen molar-refractivity contribution < 1.29 is 18.4 Å². The van der Waals surface area contributed by atoms with Crippen LogP contribution in [0.4, 0.5) is 0 Å². The molecule has 0 aliphatic heterocycles. The Kier molecular flexibility index (Phi) is 3.79. The van der Waals surface area contributed by atoms with E-state index in [4.69, 9.17) is 8.83 Å². The molecule has 0 spiro atoms. The molecule has 1 aliphatic carbocycles. The molecule has 0 amide bonds. The van der Waals surface area contributed by atoms with E-state index in [1.165, 1.54) is 6.08 Å². The summed E-state index contributed by atoms with van der Waals surface area (Å²) in [5.41, 5.74) is 2.57. The van der Waals surface area contributed by atoms with Crippen molar-refractivity contribution in [1.82, 2.24) is 4.98 Å². The van der Waals surface area contributed by atoms with E-state index in [2.05, 4.69) is 4.98 Å². The summed E-state index contributed by atoms with van der Waals surface area (Å²) in [6.07, 6.45) is 1.41. The quantitative estimate of drug-likeness (QED) is 0.217. The van der Waals surface area contributed by atoms with Gasteiger partial charge in [0.25, 0.3) is 5.71 Å². The van der Waals surface area contributed by atoms with Gasteiger partial charge < -0.3 is 8.83 Å². The molecule has 7 rings (SSSR count). The smallest absolute Gasteiger partial charge is 0.266 e. The summed E-state index contributed by atoms with van der Waals surface area (Å²) in [6.45, 7) is 0. The minimum absolute atomic E-state index is 0.0449. The molecule has 160 valence electrons. The van der Waals surface area contributed by atoms with Crippen LogP contribution in [0.2, 0.25) is 0 Å². The van der Waals surface area contributed by atoms with E-state index in [0.717, 1.165) is 27.1 Å². The zero-order chi connectivity index (χ0) is 22.8. The molecule has 2 aromatic heterocycles. The molecule has 6 aromatic rings. The van der Waals surface area contributed by atoms with E-state index in [9.17, 15) is 9.59 Å². The minimum atomic E-state index is -0.322. The highest BCUT2D eigenvalue weighted by molar-refractivity contribution is 6.42. The Morgan fingerprint density at radius 3 is 2.00 bits per heavy atom. The topological polar surface area (TPSA) is 73.3 Å². The lowest BCUT2D eigenvalue weighted by Crippen LogP contribution is -2.00. The van der Waals surface area contributed by atoms with E-state index in [0.29, 0.717) is 28.2 Å². The third-order valence-electron chi connectivity index (χ3n) is 6.29. The van der Waals surface area contributed by atoms with Gasteiger partial charge in [0.05, 0.1) is 5.57 Å². The second-order valence-electron chi connectivity index (χ2n) is 8.32. The normalized spacial score (nSPS) is 13.4. The lowest BCUT2D eigenvalue weighted by atomic mass is 10.0. The van der Waals surface area contributed by atoms with Crippen molar-refractivity contribution in [3.8, 4) is 11.3 Å². The lowest BCUT2D eigenvalue weighted by Gasteiger charge is -2.02. The van der Waals surface area contributed by atoms with Crippen molar-refractivity contribution in [2.75, 3.05) is 0 Å². The van der Waals surface area contributed by atoms with Gasteiger partial charge in [-0.2, -0.15) is 4.98 Å². The fourth-order valence-corrected chi connectivity index (χ4v) is 4.65. The molecule has 0 bridgehead atoms. The molecule has 5 heteroatoms. The molecular weight excluding hydrogens is 426 g/mol. The largest absolute Gasteiger partial charge is 0.435 e. The highest BCUT2D eigenvalue weighted by Crippen LogP contribution is 2.35. The average Bonchev–Trinajstić information content (AvgIpc) is 3.50. The lowest BCUT2D eigenvalue weighted by molar-refractivity contribution is 0.0990. The predicted octanol–water partition coefficient (Wildman–Crippen LogP) is 6.86. The summed E-state index contributed by atoms with van der Waals surface area (Å²) in [5.74, 6) is 0.158. The first-order valence-electron chi connectivity index (χ1n) is 10.9. The molecule has 0 unspecified atom stereocenters. The summed E-state index contributed by atoms with van der Waals surface area (Å²) in [7, 11) is 0. The van der Waals surface area contributed by atoms with Gasteiger partial charge in [-0.05, 0) is 33.7 Å². The number of benzene rings is 4. The van der Waals surface area contributed by atoms with Gasteiger partial charge in [0.1, 0.15) is 5.76 Å². The van der Waals surface area contributed by atoms with Crippen LogP contribution in [0.25, 0.3) is 50.2 Å². The SMILES string of the molecule is O=C1C(=Cc2nc3oc(-c4cccc5ccccc45)cc3o2)C(=O)c2cc3ccccc3cc21. The Morgan fingerprint density at radius 1 is 0.647 bits per heavy atom. The van der Waals surface area contributed by atoms with Crippen LogP contribution in [0.5, 0.6) is 0 Å². The van der Waals surface area contributed by atoms with Gasteiger partial charge in [-0.15, -0.1) is 0 Å². The van der Waals surface area contributed by atoms with Gasteiger partial charge in [0.15, 0.2) is 17.1 Å². The number of oxazole rings is 1. The van der Waals surface area contributed by atoms with Gasteiger partial charge >= 0.3 is 0 Å². The summed E-state index contributed by atoms with van der Waals surface area (Å²) in [5, 5.41) is 4.00. The fourth-order valence-electron chi connectivity index (χ4n) is 4.65. The number of fused-ring (bicyclic) bond motifs is 4. The Bertz CT molecular complexity index is 1760. The molecule has 0 N–H and O–H groups in total. The first-order chi connectivity index (χ1) is 16.7. The molecule has 0 saturated heterocycles. The third-order valence-corrected chi connectivity index (χ3v) is 6.29. The van der Waals surface area contributed by atoms with E-state index in [1.807, 2.05) is 66.7 Å². The molecule has 2 heterocycles. The molecular formula is C29H15NO4. The highest BCUT2D eigenvalue weighted by Gasteiger charge is 2.34. The molecule has 5 nitrogen and oxygen atoms in total. The van der Waals surface area contributed by atoms with Crippen LogP contribution in [-0.4, -0.2) is 16.6 Å². The molecule has 4 aromatic carbocycles. The summed E-state index contributed by atoms with van der Waals surface area (Å²) < 4.78 is 11.8. The van der Waals surface area contributed by atoms with Crippen molar-refractivity contribution in [2.24, 2.45) is 0 Å². The maximum Gasteiger partial charge on any atom is 0.266 e. The zero-order valence-corrected chi connectivity index (χ0v) is 17.7. The predicted molar refractivity (Wildman–Crippen MR) is 130 cm³/mol. The first-order valence-corrected chi connectivity index (χ1v) is 10.9. The van der Waals surface area contributed by atoms with Crippen molar-refractivity contribution in [3.63, 3.8) is 0 Å². The molecule has 34 heavy (non-hydrogen) atoms. The number of allylic oxidation sites excluding steroid dienone is 1. The van der Waals surface area contributed by atoms with Crippen molar-refractivity contribution >= 4 is 50.5 Å². The number of aromatic nitrogens is 1. The Hall–Kier alpha value is -4.77. The van der Waals surface area contributed by atoms with Crippen molar-refractivity contribution in [1.29, 1.82) is 0 Å². The number of rotatable bonds is 2. The summed E-state index contributed by atoms with van der Waals surface area (Å²) in [4.78, 5) is 30.4. The van der Waals surface area contributed by atoms with Crippen LogP contribution >= 0.6 is 0 Å². The zero-order valence-electron chi connectivity index (χ0n) is 17.7. The van der Waals surface area contributed by atoms with Gasteiger partial charge in [0, 0.05) is 28.8 Å². The standard InChI is InChI=1S/C29H15NO4/c31-27-21-12-17-7-1-2-8-18(17)13-22(21)28(32)23(27)14-26-30-29-25(33-26)15-24(34-29)20-11-5-9-16-6-3-4-10-19(16)20/h1-15H. The Labute approximate surface area is 192 Å².